The summed E-state index contributed by atoms with van der Waals surface area (Å²) in [7, 11) is 0. The van der Waals surface area contributed by atoms with Gasteiger partial charge in [-0.3, -0.25) is 4.79 Å². The van der Waals surface area contributed by atoms with Gasteiger partial charge in [-0.05, 0) is 31.6 Å². The largest absolute Gasteiger partial charge is 0.351 e. The molecule has 0 saturated heterocycles. The summed E-state index contributed by atoms with van der Waals surface area (Å²) in [5, 5.41) is 3.21. The lowest BCUT2D eigenvalue weighted by molar-refractivity contribution is -0.127. The van der Waals surface area contributed by atoms with Crippen LogP contribution < -0.4 is 11.1 Å². The monoisotopic (exact) mass is 240 g/mol. The van der Waals surface area contributed by atoms with Gasteiger partial charge in [0.05, 0.1) is 5.92 Å². The fourth-order valence-electron chi connectivity index (χ4n) is 2.70. The molecular weight excluding hydrogens is 212 g/mol. The zero-order valence-electron chi connectivity index (χ0n) is 11.8. The van der Waals surface area contributed by atoms with Crippen LogP contribution >= 0.6 is 0 Å². The Labute approximate surface area is 106 Å². The second-order valence-corrected chi connectivity index (χ2v) is 6.95. The van der Waals surface area contributed by atoms with Crippen LogP contribution in [0.25, 0.3) is 0 Å². The third-order valence-electron chi connectivity index (χ3n) is 3.65. The molecule has 3 nitrogen and oxygen atoms in total. The van der Waals surface area contributed by atoms with E-state index in [1.54, 1.807) is 0 Å². The van der Waals surface area contributed by atoms with Gasteiger partial charge in [0.1, 0.15) is 0 Å². The van der Waals surface area contributed by atoms with Crippen molar-refractivity contribution in [3.63, 3.8) is 0 Å². The maximum atomic E-state index is 12.2. The Morgan fingerprint density at radius 2 is 1.88 bits per heavy atom. The van der Waals surface area contributed by atoms with Crippen molar-refractivity contribution in [2.24, 2.45) is 17.1 Å². The molecule has 0 aromatic carbocycles. The van der Waals surface area contributed by atoms with Crippen molar-refractivity contribution in [1.29, 1.82) is 0 Å². The number of amides is 1. The topological polar surface area (TPSA) is 55.1 Å². The molecule has 1 aliphatic rings. The van der Waals surface area contributed by atoms with Gasteiger partial charge in [-0.1, -0.05) is 33.6 Å². The Bertz CT molecular complexity index is 262. The molecule has 0 aromatic heterocycles. The Hall–Kier alpha value is -0.570. The molecule has 1 saturated carbocycles. The molecule has 17 heavy (non-hydrogen) atoms. The van der Waals surface area contributed by atoms with Gasteiger partial charge in [0, 0.05) is 12.1 Å². The number of rotatable bonds is 4. The van der Waals surface area contributed by atoms with Crippen molar-refractivity contribution >= 4 is 5.91 Å². The number of carbonyl (C=O) groups excluding carboxylic acids is 1. The highest BCUT2D eigenvalue weighted by atomic mass is 16.2. The Kier molecular flexibility index (Phi) is 4.59. The summed E-state index contributed by atoms with van der Waals surface area (Å²) >= 11 is 0. The van der Waals surface area contributed by atoms with Crippen LogP contribution in [-0.2, 0) is 4.79 Å². The predicted octanol–water partition coefficient (Wildman–Crippen LogP) is 2.45. The van der Waals surface area contributed by atoms with E-state index < -0.39 is 0 Å². The van der Waals surface area contributed by atoms with Crippen molar-refractivity contribution < 1.29 is 4.79 Å². The van der Waals surface area contributed by atoms with E-state index in [2.05, 4.69) is 33.0 Å². The molecule has 1 rings (SSSR count). The lowest BCUT2D eigenvalue weighted by atomic mass is 9.83. The molecule has 0 bridgehead atoms. The van der Waals surface area contributed by atoms with Crippen LogP contribution in [-0.4, -0.2) is 18.0 Å². The van der Waals surface area contributed by atoms with Crippen LogP contribution in [0.15, 0.2) is 0 Å². The summed E-state index contributed by atoms with van der Waals surface area (Å²) in [6.07, 6.45) is 5.51. The van der Waals surface area contributed by atoms with Crippen LogP contribution in [0.1, 0.15) is 59.8 Å². The third kappa shape index (κ3) is 4.66. The third-order valence-corrected chi connectivity index (χ3v) is 3.65. The van der Waals surface area contributed by atoms with Crippen LogP contribution in [0.5, 0.6) is 0 Å². The van der Waals surface area contributed by atoms with E-state index in [1.165, 1.54) is 12.8 Å². The van der Waals surface area contributed by atoms with Gasteiger partial charge >= 0.3 is 0 Å². The smallest absolute Gasteiger partial charge is 0.224 e. The van der Waals surface area contributed by atoms with E-state index >= 15 is 0 Å². The molecule has 3 heteroatoms. The number of carbonyl (C=O) groups is 1. The number of hydrogen-bond acceptors (Lipinski definition) is 2. The van der Waals surface area contributed by atoms with Crippen molar-refractivity contribution in [2.45, 2.75) is 65.3 Å². The SMILES string of the molecule is CC(C)(C)CC(CN)C(=O)NC1(C)CCCC1. The Morgan fingerprint density at radius 3 is 2.29 bits per heavy atom. The first-order valence-electron chi connectivity index (χ1n) is 6.78. The highest BCUT2D eigenvalue weighted by Crippen LogP contribution is 2.30. The van der Waals surface area contributed by atoms with Gasteiger partial charge in [-0.15, -0.1) is 0 Å². The Morgan fingerprint density at radius 1 is 1.35 bits per heavy atom. The summed E-state index contributed by atoms with van der Waals surface area (Å²) in [4.78, 5) is 12.2. The molecular formula is C14H28N2O. The zero-order valence-corrected chi connectivity index (χ0v) is 11.8. The zero-order chi connectivity index (χ0) is 13.1. The van der Waals surface area contributed by atoms with Crippen LogP contribution in [0.3, 0.4) is 0 Å². The standard InChI is InChI=1S/C14H28N2O/c1-13(2,3)9-11(10-15)12(17)16-14(4)7-5-6-8-14/h11H,5-10,15H2,1-4H3,(H,16,17). The Balaban J connectivity index is 2.54. The van der Waals surface area contributed by atoms with E-state index in [9.17, 15) is 4.79 Å². The van der Waals surface area contributed by atoms with E-state index in [-0.39, 0.29) is 22.8 Å². The van der Waals surface area contributed by atoms with Crippen molar-refractivity contribution in [3.8, 4) is 0 Å². The molecule has 1 aliphatic carbocycles. The van der Waals surface area contributed by atoms with Crippen LogP contribution in [0.4, 0.5) is 0 Å². The highest BCUT2D eigenvalue weighted by Gasteiger charge is 2.33. The van der Waals surface area contributed by atoms with Gasteiger partial charge < -0.3 is 11.1 Å². The van der Waals surface area contributed by atoms with Crippen molar-refractivity contribution in [1.82, 2.24) is 5.32 Å². The number of nitrogens with one attached hydrogen (secondary N) is 1. The first-order valence-corrected chi connectivity index (χ1v) is 6.78. The molecule has 1 fully saturated rings. The summed E-state index contributed by atoms with van der Waals surface area (Å²) in [6, 6.07) is 0. The number of nitrogens with two attached hydrogens (primary N) is 1. The molecule has 1 atom stereocenters. The molecule has 0 radical (unpaired) electrons. The average Bonchev–Trinajstić information content (AvgIpc) is 2.59. The minimum Gasteiger partial charge on any atom is -0.351 e. The van der Waals surface area contributed by atoms with Gasteiger partial charge in [0.25, 0.3) is 0 Å². The lowest BCUT2D eigenvalue weighted by Crippen LogP contribution is -2.48. The molecule has 0 spiro atoms. The minimum absolute atomic E-state index is 0.0163. The van der Waals surface area contributed by atoms with E-state index in [0.717, 1.165) is 19.3 Å². The van der Waals surface area contributed by atoms with Gasteiger partial charge in [-0.2, -0.15) is 0 Å². The molecule has 3 N–H and O–H groups in total. The maximum Gasteiger partial charge on any atom is 0.224 e. The second kappa shape index (κ2) is 5.38. The normalized spacial score (nSPS) is 21.2. The van der Waals surface area contributed by atoms with Gasteiger partial charge in [-0.25, -0.2) is 0 Å². The van der Waals surface area contributed by atoms with E-state index in [0.29, 0.717) is 6.54 Å². The van der Waals surface area contributed by atoms with Gasteiger partial charge in [0.15, 0.2) is 0 Å². The summed E-state index contributed by atoms with van der Waals surface area (Å²) in [5.41, 5.74) is 5.90. The molecule has 0 aromatic rings. The molecule has 1 amide bonds. The van der Waals surface area contributed by atoms with E-state index in [4.69, 9.17) is 5.73 Å². The summed E-state index contributed by atoms with van der Waals surface area (Å²) in [5.74, 6) is 0.0965. The molecule has 100 valence electrons. The average molecular weight is 240 g/mol. The van der Waals surface area contributed by atoms with E-state index in [1.807, 2.05) is 0 Å². The fourth-order valence-corrected chi connectivity index (χ4v) is 2.70. The molecule has 0 aliphatic heterocycles. The maximum absolute atomic E-state index is 12.2. The van der Waals surface area contributed by atoms with Gasteiger partial charge in [0.2, 0.25) is 5.91 Å². The molecule has 1 unspecified atom stereocenters. The summed E-state index contributed by atoms with van der Waals surface area (Å²) in [6.45, 7) is 9.06. The quantitative estimate of drug-likeness (QED) is 0.793. The fraction of sp³-hybridized carbons (Fsp3) is 0.929. The lowest BCUT2D eigenvalue weighted by Gasteiger charge is -2.30. The first-order chi connectivity index (χ1) is 7.76. The second-order valence-electron chi connectivity index (χ2n) is 6.95. The number of hydrogen-bond donors (Lipinski definition) is 2. The first kappa shape index (κ1) is 14.5. The summed E-state index contributed by atoms with van der Waals surface area (Å²) < 4.78 is 0. The predicted molar refractivity (Wildman–Crippen MR) is 71.6 cm³/mol. The van der Waals surface area contributed by atoms with Crippen molar-refractivity contribution in [2.75, 3.05) is 6.54 Å². The van der Waals surface area contributed by atoms with Crippen molar-refractivity contribution in [3.05, 3.63) is 0 Å². The minimum atomic E-state index is -0.0487. The van der Waals surface area contributed by atoms with Crippen LogP contribution in [0, 0.1) is 11.3 Å². The molecule has 0 heterocycles. The highest BCUT2D eigenvalue weighted by molar-refractivity contribution is 5.79. The van der Waals surface area contributed by atoms with Crippen LogP contribution in [0.2, 0.25) is 0 Å².